The molecular formula is C18H23N3O2. The van der Waals surface area contributed by atoms with Crippen LogP contribution in [0.4, 0.5) is 5.69 Å². The van der Waals surface area contributed by atoms with Gasteiger partial charge in [-0.2, -0.15) is 0 Å². The largest absolute Gasteiger partial charge is 0.462 e. The van der Waals surface area contributed by atoms with Crippen molar-refractivity contribution in [2.75, 3.05) is 37.7 Å². The Labute approximate surface area is 136 Å². The second kappa shape index (κ2) is 6.54. The molecule has 1 aromatic heterocycles. The minimum absolute atomic E-state index is 0.298. The van der Waals surface area contributed by atoms with Crippen LogP contribution in [0.15, 0.2) is 18.3 Å². The molecule has 1 N–H and O–H groups in total. The highest BCUT2D eigenvalue weighted by Crippen LogP contribution is 2.33. The van der Waals surface area contributed by atoms with E-state index in [2.05, 4.69) is 41.2 Å². The van der Waals surface area contributed by atoms with E-state index >= 15 is 0 Å². The number of anilines is 1. The number of esters is 1. The molecule has 1 aromatic carbocycles. The Morgan fingerprint density at radius 2 is 2.04 bits per heavy atom. The smallest absolute Gasteiger partial charge is 0.341 e. The molecule has 2 aromatic rings. The Balaban J connectivity index is 2.22. The van der Waals surface area contributed by atoms with Gasteiger partial charge in [0.1, 0.15) is 5.56 Å². The molecule has 0 aliphatic carbocycles. The molecule has 0 bridgehead atoms. The SMILES string of the molecule is CCOC(=O)c1cnc2c(C)c(C)ccc2c1N1CCNCC1. The van der Waals surface area contributed by atoms with Gasteiger partial charge < -0.3 is 15.0 Å². The highest BCUT2D eigenvalue weighted by Gasteiger charge is 2.23. The summed E-state index contributed by atoms with van der Waals surface area (Å²) in [6.45, 7) is 9.93. The maximum Gasteiger partial charge on any atom is 0.341 e. The molecule has 5 heteroatoms. The molecule has 1 fully saturated rings. The molecule has 0 amide bonds. The van der Waals surface area contributed by atoms with Gasteiger partial charge in [0.25, 0.3) is 0 Å². The Bertz CT molecular complexity index is 737. The summed E-state index contributed by atoms with van der Waals surface area (Å²) in [6.07, 6.45) is 1.67. The number of rotatable bonds is 3. The number of aromatic nitrogens is 1. The number of carbonyl (C=O) groups is 1. The minimum atomic E-state index is -0.298. The lowest BCUT2D eigenvalue weighted by atomic mass is 10.0. The van der Waals surface area contributed by atoms with Crippen molar-refractivity contribution in [1.29, 1.82) is 0 Å². The first kappa shape index (κ1) is 15.7. The molecular weight excluding hydrogens is 290 g/mol. The van der Waals surface area contributed by atoms with Crippen LogP contribution >= 0.6 is 0 Å². The normalized spacial score (nSPS) is 15.0. The minimum Gasteiger partial charge on any atom is -0.462 e. The van der Waals surface area contributed by atoms with Crippen LogP contribution in [-0.4, -0.2) is 43.7 Å². The van der Waals surface area contributed by atoms with Gasteiger partial charge in [-0.3, -0.25) is 4.98 Å². The van der Waals surface area contributed by atoms with E-state index in [1.54, 1.807) is 6.20 Å². The Kier molecular flexibility index (Phi) is 4.48. The van der Waals surface area contributed by atoms with E-state index in [1.807, 2.05) is 6.92 Å². The number of fused-ring (bicyclic) bond motifs is 1. The van der Waals surface area contributed by atoms with E-state index in [0.717, 1.165) is 48.3 Å². The van der Waals surface area contributed by atoms with E-state index in [-0.39, 0.29) is 5.97 Å². The lowest BCUT2D eigenvalue weighted by molar-refractivity contribution is 0.0526. The fraction of sp³-hybridized carbons (Fsp3) is 0.444. The zero-order valence-electron chi connectivity index (χ0n) is 14.0. The van der Waals surface area contributed by atoms with E-state index in [4.69, 9.17) is 4.74 Å². The number of hydrogen-bond donors (Lipinski definition) is 1. The lowest BCUT2D eigenvalue weighted by Crippen LogP contribution is -2.44. The monoisotopic (exact) mass is 313 g/mol. The Hall–Kier alpha value is -2.14. The Morgan fingerprint density at radius 1 is 1.30 bits per heavy atom. The van der Waals surface area contributed by atoms with Gasteiger partial charge in [-0.25, -0.2) is 4.79 Å². The summed E-state index contributed by atoms with van der Waals surface area (Å²) in [6, 6.07) is 4.17. The second-order valence-corrected chi connectivity index (χ2v) is 5.88. The average Bonchev–Trinajstić information content (AvgIpc) is 2.58. The van der Waals surface area contributed by atoms with Crippen molar-refractivity contribution in [2.24, 2.45) is 0 Å². The van der Waals surface area contributed by atoms with Crippen molar-refractivity contribution in [3.63, 3.8) is 0 Å². The lowest BCUT2D eigenvalue weighted by Gasteiger charge is -2.31. The van der Waals surface area contributed by atoms with Crippen molar-refractivity contribution >= 4 is 22.6 Å². The summed E-state index contributed by atoms with van der Waals surface area (Å²) >= 11 is 0. The van der Waals surface area contributed by atoms with E-state index in [1.165, 1.54) is 5.56 Å². The van der Waals surface area contributed by atoms with E-state index in [9.17, 15) is 4.79 Å². The maximum absolute atomic E-state index is 12.4. The summed E-state index contributed by atoms with van der Waals surface area (Å²) in [5.41, 5.74) is 4.85. The first-order valence-electron chi connectivity index (χ1n) is 8.15. The molecule has 23 heavy (non-hydrogen) atoms. The molecule has 0 atom stereocenters. The third-order valence-corrected chi connectivity index (χ3v) is 4.46. The summed E-state index contributed by atoms with van der Waals surface area (Å²) in [5, 5.41) is 4.38. The summed E-state index contributed by atoms with van der Waals surface area (Å²) in [4.78, 5) is 19.2. The van der Waals surface area contributed by atoms with Crippen molar-refractivity contribution in [3.05, 3.63) is 35.0 Å². The van der Waals surface area contributed by atoms with Gasteiger partial charge in [0, 0.05) is 37.8 Å². The number of piperazine rings is 1. The first-order valence-corrected chi connectivity index (χ1v) is 8.15. The number of hydrogen-bond acceptors (Lipinski definition) is 5. The standard InChI is InChI=1S/C18H23N3O2/c1-4-23-18(22)15-11-20-16-13(3)12(2)5-6-14(16)17(15)21-9-7-19-8-10-21/h5-6,11,19H,4,7-10H2,1-3H3. The van der Waals surface area contributed by atoms with E-state index in [0.29, 0.717) is 12.2 Å². The third-order valence-electron chi connectivity index (χ3n) is 4.46. The zero-order valence-corrected chi connectivity index (χ0v) is 14.0. The van der Waals surface area contributed by atoms with Crippen LogP contribution in [0.1, 0.15) is 28.4 Å². The molecule has 5 nitrogen and oxygen atoms in total. The van der Waals surface area contributed by atoms with Crippen LogP contribution in [0.2, 0.25) is 0 Å². The predicted octanol–water partition coefficient (Wildman–Crippen LogP) is 2.44. The number of aryl methyl sites for hydroxylation is 2. The molecule has 122 valence electrons. The molecule has 0 saturated carbocycles. The van der Waals surface area contributed by atoms with Crippen LogP contribution in [0.5, 0.6) is 0 Å². The number of ether oxygens (including phenoxy) is 1. The average molecular weight is 313 g/mol. The van der Waals surface area contributed by atoms with Gasteiger partial charge in [0.15, 0.2) is 0 Å². The fourth-order valence-electron chi connectivity index (χ4n) is 3.08. The molecule has 0 unspecified atom stereocenters. The van der Waals surface area contributed by atoms with Gasteiger partial charge in [-0.1, -0.05) is 12.1 Å². The molecule has 2 heterocycles. The van der Waals surface area contributed by atoms with Crippen molar-refractivity contribution in [1.82, 2.24) is 10.3 Å². The number of pyridine rings is 1. The number of nitrogens with one attached hydrogen (secondary N) is 1. The number of nitrogens with zero attached hydrogens (tertiary/aromatic N) is 2. The molecule has 1 aliphatic rings. The summed E-state index contributed by atoms with van der Waals surface area (Å²) < 4.78 is 5.24. The molecule has 1 saturated heterocycles. The highest BCUT2D eigenvalue weighted by atomic mass is 16.5. The predicted molar refractivity (Wildman–Crippen MR) is 92.3 cm³/mol. The number of benzene rings is 1. The molecule has 0 spiro atoms. The van der Waals surface area contributed by atoms with Gasteiger partial charge in [0.05, 0.1) is 17.8 Å². The topological polar surface area (TPSA) is 54.5 Å². The van der Waals surface area contributed by atoms with Crippen molar-refractivity contribution in [3.8, 4) is 0 Å². The first-order chi connectivity index (χ1) is 11.1. The number of carbonyl (C=O) groups excluding carboxylic acids is 1. The van der Waals surface area contributed by atoms with Gasteiger partial charge in [-0.05, 0) is 31.9 Å². The third kappa shape index (κ3) is 2.88. The Morgan fingerprint density at radius 3 is 2.74 bits per heavy atom. The van der Waals surface area contributed by atoms with Gasteiger partial charge in [0.2, 0.25) is 0 Å². The van der Waals surface area contributed by atoms with Crippen LogP contribution in [0, 0.1) is 13.8 Å². The van der Waals surface area contributed by atoms with Gasteiger partial charge in [-0.15, -0.1) is 0 Å². The van der Waals surface area contributed by atoms with Crippen molar-refractivity contribution < 1.29 is 9.53 Å². The van der Waals surface area contributed by atoms with Gasteiger partial charge >= 0.3 is 5.97 Å². The quantitative estimate of drug-likeness (QED) is 0.882. The fourth-order valence-corrected chi connectivity index (χ4v) is 3.08. The maximum atomic E-state index is 12.4. The van der Waals surface area contributed by atoms with Crippen LogP contribution in [0.3, 0.4) is 0 Å². The second-order valence-electron chi connectivity index (χ2n) is 5.88. The molecule has 0 radical (unpaired) electrons. The zero-order chi connectivity index (χ0) is 16.4. The summed E-state index contributed by atoms with van der Waals surface area (Å²) in [7, 11) is 0. The van der Waals surface area contributed by atoms with Crippen LogP contribution in [0.25, 0.3) is 10.9 Å². The van der Waals surface area contributed by atoms with Crippen molar-refractivity contribution in [2.45, 2.75) is 20.8 Å². The summed E-state index contributed by atoms with van der Waals surface area (Å²) in [5.74, 6) is -0.298. The van der Waals surface area contributed by atoms with E-state index < -0.39 is 0 Å². The van der Waals surface area contributed by atoms with Crippen LogP contribution in [-0.2, 0) is 4.74 Å². The molecule has 3 rings (SSSR count). The van der Waals surface area contributed by atoms with Crippen LogP contribution < -0.4 is 10.2 Å². The molecule has 1 aliphatic heterocycles. The highest BCUT2D eigenvalue weighted by molar-refractivity contribution is 6.06.